The van der Waals surface area contributed by atoms with E-state index < -0.39 is 11.7 Å². The van der Waals surface area contributed by atoms with Gasteiger partial charge in [-0.15, -0.1) is 11.3 Å². The van der Waals surface area contributed by atoms with Crippen molar-refractivity contribution in [2.24, 2.45) is 0 Å². The van der Waals surface area contributed by atoms with Crippen LogP contribution < -0.4 is 0 Å². The molecule has 8 heteroatoms. The van der Waals surface area contributed by atoms with Gasteiger partial charge in [-0.05, 0) is 31.0 Å². The van der Waals surface area contributed by atoms with Gasteiger partial charge >= 0.3 is 6.18 Å². The average molecular weight is 390 g/mol. The second kappa shape index (κ2) is 7.01. The first-order chi connectivity index (χ1) is 12.9. The molecular formula is C19H17F3N4S. The fraction of sp³-hybridized carbons (Fsp3) is 0.316. The standard InChI is InChI=1S/C19H17F3N4S/c1-12-17(27-11-24-12)10-26-7-6-14-8-23-18(25-16(14)9-26)13-2-4-15(5-3-13)19(20,21)22/h2-5,8,11H,6-7,9-10H2,1H3. The molecule has 0 aliphatic carbocycles. The van der Waals surface area contributed by atoms with Crippen molar-refractivity contribution in [3.8, 4) is 11.4 Å². The summed E-state index contributed by atoms with van der Waals surface area (Å²) in [5.41, 5.74) is 4.86. The van der Waals surface area contributed by atoms with Gasteiger partial charge in [-0.2, -0.15) is 13.2 Å². The minimum Gasteiger partial charge on any atom is -0.292 e. The number of halogens is 3. The molecule has 0 N–H and O–H groups in total. The molecule has 0 fully saturated rings. The lowest BCUT2D eigenvalue weighted by atomic mass is 10.1. The van der Waals surface area contributed by atoms with E-state index in [1.54, 1.807) is 17.5 Å². The van der Waals surface area contributed by atoms with E-state index in [2.05, 4.69) is 19.9 Å². The highest BCUT2D eigenvalue weighted by Gasteiger charge is 2.30. The van der Waals surface area contributed by atoms with E-state index in [1.165, 1.54) is 17.0 Å². The fourth-order valence-electron chi connectivity index (χ4n) is 3.12. The quantitative estimate of drug-likeness (QED) is 0.661. The monoisotopic (exact) mass is 390 g/mol. The predicted octanol–water partition coefficient (Wildman–Crippen LogP) is 4.49. The lowest BCUT2D eigenvalue weighted by Crippen LogP contribution is -2.31. The third-order valence-electron chi connectivity index (χ3n) is 4.71. The van der Waals surface area contributed by atoms with Gasteiger partial charge in [-0.1, -0.05) is 12.1 Å². The number of fused-ring (bicyclic) bond motifs is 1. The minimum atomic E-state index is -4.34. The van der Waals surface area contributed by atoms with Crippen LogP contribution in [0.4, 0.5) is 13.2 Å². The molecule has 1 aliphatic heterocycles. The van der Waals surface area contributed by atoms with Crippen molar-refractivity contribution in [2.75, 3.05) is 6.54 Å². The maximum atomic E-state index is 12.7. The fourth-order valence-corrected chi connectivity index (χ4v) is 3.94. The molecule has 27 heavy (non-hydrogen) atoms. The first kappa shape index (κ1) is 18.1. The van der Waals surface area contributed by atoms with E-state index in [0.717, 1.165) is 48.6 Å². The number of aryl methyl sites for hydroxylation is 1. The Bertz CT molecular complexity index is 950. The Morgan fingerprint density at radius 1 is 1.15 bits per heavy atom. The van der Waals surface area contributed by atoms with Gasteiger partial charge in [0.05, 0.1) is 22.5 Å². The van der Waals surface area contributed by atoms with E-state index in [0.29, 0.717) is 17.9 Å². The molecule has 0 amide bonds. The number of aromatic nitrogens is 3. The highest BCUT2D eigenvalue weighted by Crippen LogP contribution is 2.30. The maximum absolute atomic E-state index is 12.7. The van der Waals surface area contributed by atoms with Crippen molar-refractivity contribution < 1.29 is 13.2 Å². The molecule has 0 saturated carbocycles. The SMILES string of the molecule is Cc1ncsc1CN1CCc2cnc(-c3ccc(C(F)(F)F)cc3)nc2C1. The number of rotatable bonds is 3. The van der Waals surface area contributed by atoms with Crippen molar-refractivity contribution in [2.45, 2.75) is 32.6 Å². The number of hydrogen-bond acceptors (Lipinski definition) is 5. The van der Waals surface area contributed by atoms with E-state index in [9.17, 15) is 13.2 Å². The van der Waals surface area contributed by atoms with Gasteiger partial charge in [0, 0.05) is 36.3 Å². The van der Waals surface area contributed by atoms with E-state index in [4.69, 9.17) is 0 Å². The van der Waals surface area contributed by atoms with Gasteiger partial charge in [0.1, 0.15) is 0 Å². The Morgan fingerprint density at radius 3 is 2.59 bits per heavy atom. The molecule has 140 valence electrons. The summed E-state index contributed by atoms with van der Waals surface area (Å²) in [4.78, 5) is 16.8. The first-order valence-electron chi connectivity index (χ1n) is 8.54. The van der Waals surface area contributed by atoms with Crippen molar-refractivity contribution in [3.05, 3.63) is 63.4 Å². The number of hydrogen-bond donors (Lipinski definition) is 0. The van der Waals surface area contributed by atoms with Crippen molar-refractivity contribution in [1.82, 2.24) is 19.9 Å². The van der Waals surface area contributed by atoms with Crippen molar-refractivity contribution in [1.29, 1.82) is 0 Å². The summed E-state index contributed by atoms with van der Waals surface area (Å²) in [7, 11) is 0. The second-order valence-corrected chi connectivity index (χ2v) is 7.50. The molecule has 0 unspecified atom stereocenters. The smallest absolute Gasteiger partial charge is 0.292 e. The van der Waals surface area contributed by atoms with Crippen LogP contribution >= 0.6 is 11.3 Å². The first-order valence-corrected chi connectivity index (χ1v) is 9.42. The molecular weight excluding hydrogens is 373 g/mol. The van der Waals surface area contributed by atoms with Crippen LogP contribution in [0.2, 0.25) is 0 Å². The summed E-state index contributed by atoms with van der Waals surface area (Å²) in [5.74, 6) is 0.457. The molecule has 3 aromatic rings. The Kier molecular flexibility index (Phi) is 4.69. The zero-order valence-electron chi connectivity index (χ0n) is 14.6. The van der Waals surface area contributed by atoms with Crippen molar-refractivity contribution in [3.63, 3.8) is 0 Å². The van der Waals surface area contributed by atoms with Crippen LogP contribution in [0.25, 0.3) is 11.4 Å². The maximum Gasteiger partial charge on any atom is 0.416 e. The second-order valence-electron chi connectivity index (χ2n) is 6.56. The van der Waals surface area contributed by atoms with E-state index in [-0.39, 0.29) is 0 Å². The molecule has 0 saturated heterocycles. The van der Waals surface area contributed by atoms with Gasteiger partial charge in [0.2, 0.25) is 0 Å². The molecule has 0 radical (unpaired) electrons. The van der Waals surface area contributed by atoms with Crippen LogP contribution in [-0.4, -0.2) is 26.4 Å². The molecule has 4 nitrogen and oxygen atoms in total. The van der Waals surface area contributed by atoms with Crippen LogP contribution in [0.1, 0.15) is 27.4 Å². The highest BCUT2D eigenvalue weighted by molar-refractivity contribution is 7.09. The zero-order chi connectivity index (χ0) is 19.0. The largest absolute Gasteiger partial charge is 0.416 e. The Morgan fingerprint density at radius 2 is 1.93 bits per heavy atom. The number of thiazole rings is 1. The summed E-state index contributed by atoms with van der Waals surface area (Å²) < 4.78 is 38.2. The van der Waals surface area contributed by atoms with Gasteiger partial charge in [-0.25, -0.2) is 15.0 Å². The summed E-state index contributed by atoms with van der Waals surface area (Å²) in [5, 5.41) is 0. The number of nitrogens with zero attached hydrogens (tertiary/aromatic N) is 4. The van der Waals surface area contributed by atoms with E-state index >= 15 is 0 Å². The summed E-state index contributed by atoms with van der Waals surface area (Å²) in [6.07, 6.45) is -1.68. The Labute approximate surface area is 158 Å². The topological polar surface area (TPSA) is 41.9 Å². The predicted molar refractivity (Wildman–Crippen MR) is 97.1 cm³/mol. The summed E-state index contributed by atoms with van der Waals surface area (Å²) in [6, 6.07) is 4.98. The molecule has 3 heterocycles. The van der Waals surface area contributed by atoms with Crippen molar-refractivity contribution >= 4 is 11.3 Å². The number of alkyl halides is 3. The third-order valence-corrected chi connectivity index (χ3v) is 5.63. The molecule has 1 aromatic carbocycles. The lowest BCUT2D eigenvalue weighted by molar-refractivity contribution is -0.137. The van der Waals surface area contributed by atoms with Crippen LogP contribution in [0.5, 0.6) is 0 Å². The summed E-state index contributed by atoms with van der Waals surface area (Å²) in [6.45, 7) is 4.46. The zero-order valence-corrected chi connectivity index (χ0v) is 15.4. The highest BCUT2D eigenvalue weighted by atomic mass is 32.1. The van der Waals surface area contributed by atoms with Gasteiger partial charge in [0.25, 0.3) is 0 Å². The molecule has 0 spiro atoms. The average Bonchev–Trinajstić information content (AvgIpc) is 3.05. The lowest BCUT2D eigenvalue weighted by Gasteiger charge is -2.27. The van der Waals surface area contributed by atoms with Gasteiger partial charge in [-0.3, -0.25) is 4.90 Å². The molecule has 1 aliphatic rings. The number of benzene rings is 1. The molecule has 0 atom stereocenters. The van der Waals surface area contributed by atoms with Gasteiger partial charge < -0.3 is 0 Å². The Balaban J connectivity index is 1.55. The summed E-state index contributed by atoms with van der Waals surface area (Å²) >= 11 is 1.65. The van der Waals surface area contributed by atoms with Crippen LogP contribution in [0.15, 0.2) is 36.0 Å². The van der Waals surface area contributed by atoms with Crippen LogP contribution in [0.3, 0.4) is 0 Å². The molecule has 0 bridgehead atoms. The van der Waals surface area contributed by atoms with Gasteiger partial charge in [0.15, 0.2) is 5.82 Å². The minimum absolute atomic E-state index is 0.457. The van der Waals surface area contributed by atoms with Crippen LogP contribution in [-0.2, 0) is 25.7 Å². The normalized spacial score (nSPS) is 15.0. The third kappa shape index (κ3) is 3.86. The Hall–Kier alpha value is -2.32. The molecule has 2 aromatic heterocycles. The van der Waals surface area contributed by atoms with E-state index in [1.807, 2.05) is 12.4 Å². The van der Waals surface area contributed by atoms with Crippen LogP contribution in [0, 0.1) is 6.92 Å². The molecule has 4 rings (SSSR count).